The molecular weight excluding hydrogens is 306 g/mol. The molecule has 1 aromatic heterocycles. The number of rotatable bonds is 9. The first kappa shape index (κ1) is 17.7. The van der Waals surface area contributed by atoms with Gasteiger partial charge in [0, 0.05) is 43.3 Å². The van der Waals surface area contributed by atoms with Gasteiger partial charge in [0.2, 0.25) is 0 Å². The van der Waals surface area contributed by atoms with Gasteiger partial charge in [-0.3, -0.25) is 0 Å². The van der Waals surface area contributed by atoms with Gasteiger partial charge in [-0.1, -0.05) is 62.4 Å². The van der Waals surface area contributed by atoms with Crippen molar-refractivity contribution >= 4 is 10.9 Å². The smallest absolute Gasteiger partial charge is 0.0486 e. The molecule has 0 saturated heterocycles. The maximum absolute atomic E-state index is 3.62. The standard InChI is InChI=1S/C22H29N3/c1-3-24(4-2)15-14-23-16-20-18-25(17-19-10-6-5-7-11-19)22-13-9-8-12-21(20)22/h5-13,18,23H,3-4,14-17H2,1-2H3. The van der Waals surface area contributed by atoms with Crippen molar-refractivity contribution < 1.29 is 0 Å². The largest absolute Gasteiger partial charge is 0.343 e. The first-order chi connectivity index (χ1) is 12.3. The summed E-state index contributed by atoms with van der Waals surface area (Å²) >= 11 is 0. The van der Waals surface area contributed by atoms with Gasteiger partial charge in [-0.05, 0) is 30.3 Å². The molecule has 0 aliphatic rings. The Labute approximate surface area is 151 Å². The summed E-state index contributed by atoms with van der Waals surface area (Å²) < 4.78 is 2.37. The Morgan fingerprint density at radius 2 is 1.64 bits per heavy atom. The second-order valence-corrected chi connectivity index (χ2v) is 6.49. The average molecular weight is 335 g/mol. The summed E-state index contributed by atoms with van der Waals surface area (Å²) in [4.78, 5) is 2.45. The zero-order chi connectivity index (χ0) is 17.5. The number of hydrogen-bond acceptors (Lipinski definition) is 2. The number of benzene rings is 2. The molecule has 0 aliphatic carbocycles. The number of para-hydroxylation sites is 1. The fourth-order valence-corrected chi connectivity index (χ4v) is 3.37. The summed E-state index contributed by atoms with van der Waals surface area (Å²) in [5, 5.41) is 4.97. The molecule has 0 atom stereocenters. The van der Waals surface area contributed by atoms with Gasteiger partial charge in [0.15, 0.2) is 0 Å². The maximum Gasteiger partial charge on any atom is 0.0486 e. The average Bonchev–Trinajstić information content (AvgIpc) is 3.01. The minimum absolute atomic E-state index is 0.917. The van der Waals surface area contributed by atoms with Crippen molar-refractivity contribution in [3.8, 4) is 0 Å². The van der Waals surface area contributed by atoms with Crippen molar-refractivity contribution in [1.29, 1.82) is 0 Å². The Morgan fingerprint density at radius 1 is 0.920 bits per heavy atom. The van der Waals surface area contributed by atoms with Gasteiger partial charge in [0.05, 0.1) is 0 Å². The molecule has 0 unspecified atom stereocenters. The number of nitrogens with zero attached hydrogens (tertiary/aromatic N) is 2. The van der Waals surface area contributed by atoms with E-state index >= 15 is 0 Å². The summed E-state index contributed by atoms with van der Waals surface area (Å²) in [5.41, 5.74) is 4.03. The van der Waals surface area contributed by atoms with Gasteiger partial charge in [0.1, 0.15) is 0 Å². The lowest BCUT2D eigenvalue weighted by Gasteiger charge is -2.17. The van der Waals surface area contributed by atoms with Crippen LogP contribution in [0.15, 0.2) is 60.8 Å². The third kappa shape index (κ3) is 4.50. The Hall–Kier alpha value is -2.10. The molecule has 132 valence electrons. The van der Waals surface area contributed by atoms with Crippen molar-refractivity contribution in [2.24, 2.45) is 0 Å². The monoisotopic (exact) mass is 335 g/mol. The van der Waals surface area contributed by atoms with Crippen LogP contribution in [0, 0.1) is 0 Å². The van der Waals surface area contributed by atoms with Crippen molar-refractivity contribution in [2.75, 3.05) is 26.2 Å². The van der Waals surface area contributed by atoms with Crippen LogP contribution in [0.1, 0.15) is 25.0 Å². The molecule has 0 amide bonds. The lowest BCUT2D eigenvalue weighted by Crippen LogP contribution is -2.31. The molecule has 3 nitrogen and oxygen atoms in total. The van der Waals surface area contributed by atoms with Gasteiger partial charge in [0.25, 0.3) is 0 Å². The summed E-state index contributed by atoms with van der Waals surface area (Å²) in [6.45, 7) is 10.7. The normalized spacial score (nSPS) is 11.5. The molecule has 1 N–H and O–H groups in total. The molecule has 0 radical (unpaired) electrons. The molecule has 2 aromatic carbocycles. The molecule has 25 heavy (non-hydrogen) atoms. The predicted octanol–water partition coefficient (Wildman–Crippen LogP) is 4.12. The molecule has 3 heteroatoms. The minimum Gasteiger partial charge on any atom is -0.343 e. The zero-order valence-electron chi connectivity index (χ0n) is 15.4. The molecule has 0 bridgehead atoms. The lowest BCUT2D eigenvalue weighted by molar-refractivity contribution is 0.302. The van der Waals surface area contributed by atoms with Gasteiger partial charge < -0.3 is 14.8 Å². The van der Waals surface area contributed by atoms with Crippen LogP contribution in [0.3, 0.4) is 0 Å². The van der Waals surface area contributed by atoms with Crippen LogP contribution in [-0.2, 0) is 13.1 Å². The van der Waals surface area contributed by atoms with Gasteiger partial charge >= 0.3 is 0 Å². The summed E-state index contributed by atoms with van der Waals surface area (Å²) in [5.74, 6) is 0. The van der Waals surface area contributed by atoms with E-state index in [1.165, 1.54) is 22.0 Å². The van der Waals surface area contributed by atoms with Crippen LogP contribution in [0.25, 0.3) is 10.9 Å². The Kier molecular flexibility index (Phi) is 6.26. The second kappa shape index (κ2) is 8.84. The quantitative estimate of drug-likeness (QED) is 0.594. The highest BCUT2D eigenvalue weighted by molar-refractivity contribution is 5.84. The highest BCUT2D eigenvalue weighted by Crippen LogP contribution is 2.22. The fourth-order valence-electron chi connectivity index (χ4n) is 3.37. The molecule has 3 rings (SSSR count). The van der Waals surface area contributed by atoms with E-state index in [0.717, 1.165) is 39.3 Å². The lowest BCUT2D eigenvalue weighted by atomic mass is 10.2. The van der Waals surface area contributed by atoms with Crippen LogP contribution in [0.5, 0.6) is 0 Å². The van der Waals surface area contributed by atoms with Crippen LogP contribution < -0.4 is 5.32 Å². The van der Waals surface area contributed by atoms with Crippen LogP contribution in [0.2, 0.25) is 0 Å². The first-order valence-electron chi connectivity index (χ1n) is 9.35. The highest BCUT2D eigenvalue weighted by atomic mass is 15.1. The van der Waals surface area contributed by atoms with E-state index in [4.69, 9.17) is 0 Å². The molecule has 0 saturated carbocycles. The molecule has 0 fully saturated rings. The van der Waals surface area contributed by atoms with E-state index in [1.807, 2.05) is 0 Å². The van der Waals surface area contributed by atoms with E-state index in [-0.39, 0.29) is 0 Å². The fraction of sp³-hybridized carbons (Fsp3) is 0.364. The SMILES string of the molecule is CCN(CC)CCNCc1cn(Cc2ccccc2)c2ccccc12. The third-order valence-corrected chi connectivity index (χ3v) is 4.88. The molecule has 0 spiro atoms. The summed E-state index contributed by atoms with van der Waals surface area (Å²) in [6.07, 6.45) is 2.31. The van der Waals surface area contributed by atoms with Crippen molar-refractivity contribution in [1.82, 2.24) is 14.8 Å². The zero-order valence-corrected chi connectivity index (χ0v) is 15.4. The van der Waals surface area contributed by atoms with Gasteiger partial charge in [-0.15, -0.1) is 0 Å². The Balaban J connectivity index is 1.71. The molecule has 0 aliphatic heterocycles. The van der Waals surface area contributed by atoms with Crippen LogP contribution in [-0.4, -0.2) is 35.6 Å². The van der Waals surface area contributed by atoms with Crippen molar-refractivity contribution in [3.63, 3.8) is 0 Å². The molecule has 3 aromatic rings. The predicted molar refractivity (Wildman–Crippen MR) is 107 cm³/mol. The summed E-state index contributed by atoms with van der Waals surface area (Å²) in [7, 11) is 0. The van der Waals surface area contributed by atoms with Crippen molar-refractivity contribution in [2.45, 2.75) is 26.9 Å². The second-order valence-electron chi connectivity index (χ2n) is 6.49. The van der Waals surface area contributed by atoms with E-state index in [9.17, 15) is 0 Å². The minimum atomic E-state index is 0.917. The molecular formula is C22H29N3. The number of aromatic nitrogens is 1. The third-order valence-electron chi connectivity index (χ3n) is 4.88. The number of likely N-dealkylation sites (N-methyl/N-ethyl adjacent to an activating group) is 1. The van der Waals surface area contributed by atoms with Crippen LogP contribution in [0.4, 0.5) is 0 Å². The van der Waals surface area contributed by atoms with Gasteiger partial charge in [-0.2, -0.15) is 0 Å². The van der Waals surface area contributed by atoms with Crippen LogP contribution >= 0.6 is 0 Å². The number of nitrogens with one attached hydrogen (secondary N) is 1. The number of fused-ring (bicyclic) bond motifs is 1. The topological polar surface area (TPSA) is 20.2 Å². The van der Waals surface area contributed by atoms with E-state index < -0.39 is 0 Å². The first-order valence-corrected chi connectivity index (χ1v) is 9.35. The highest BCUT2D eigenvalue weighted by Gasteiger charge is 2.08. The molecule has 1 heterocycles. The Morgan fingerprint density at radius 3 is 2.40 bits per heavy atom. The van der Waals surface area contributed by atoms with E-state index in [2.05, 4.69) is 89.4 Å². The van der Waals surface area contributed by atoms with Crippen molar-refractivity contribution in [3.05, 3.63) is 71.9 Å². The summed E-state index contributed by atoms with van der Waals surface area (Å²) in [6, 6.07) is 19.4. The van der Waals surface area contributed by atoms with E-state index in [1.54, 1.807) is 0 Å². The Bertz CT molecular complexity index is 772. The number of hydrogen-bond donors (Lipinski definition) is 1. The maximum atomic E-state index is 3.62. The van der Waals surface area contributed by atoms with Gasteiger partial charge in [-0.25, -0.2) is 0 Å². The van der Waals surface area contributed by atoms with E-state index in [0.29, 0.717) is 0 Å².